The molecule has 1 aromatic carbocycles. The van der Waals surface area contributed by atoms with Crippen molar-refractivity contribution in [2.75, 3.05) is 12.8 Å². The zero-order valence-corrected chi connectivity index (χ0v) is 10.5. The lowest BCUT2D eigenvalue weighted by Crippen LogP contribution is -2.41. The Morgan fingerprint density at radius 2 is 2.13 bits per heavy atom. The molecular weight excluding hydrogens is 226 g/mol. The molecule has 0 bridgehead atoms. The van der Waals surface area contributed by atoms with Crippen molar-refractivity contribution < 1.29 is 0 Å². The second-order valence-electron chi connectivity index (χ2n) is 4.22. The summed E-state index contributed by atoms with van der Waals surface area (Å²) < 4.78 is 0. The number of hydrogen-bond donors (Lipinski definition) is 1. The van der Waals surface area contributed by atoms with E-state index in [9.17, 15) is 0 Å². The van der Waals surface area contributed by atoms with Crippen molar-refractivity contribution in [3.05, 3.63) is 28.8 Å². The molecule has 0 aromatic heterocycles. The molecule has 1 aliphatic rings. The first-order chi connectivity index (χ1) is 7.20. The Bertz CT molecular complexity index is 355. The van der Waals surface area contributed by atoms with E-state index in [1.165, 1.54) is 29.7 Å². The highest BCUT2D eigenvalue weighted by Gasteiger charge is 2.37. The van der Waals surface area contributed by atoms with Crippen LogP contribution in [-0.2, 0) is 5.41 Å². The van der Waals surface area contributed by atoms with Crippen LogP contribution in [0.3, 0.4) is 0 Å². The molecule has 1 aromatic rings. The summed E-state index contributed by atoms with van der Waals surface area (Å²) in [5.41, 5.74) is 7.44. The first kappa shape index (κ1) is 11.3. The normalized spacial score (nSPS) is 18.6. The monoisotopic (exact) mass is 241 g/mol. The Morgan fingerprint density at radius 1 is 1.40 bits per heavy atom. The fourth-order valence-electron chi connectivity index (χ4n) is 2.20. The SMILES string of the molecule is CSc1cc(Cl)cc(C2(CN)CCC2)c1. The van der Waals surface area contributed by atoms with Crippen LogP contribution in [0.2, 0.25) is 5.02 Å². The lowest BCUT2D eigenvalue weighted by Gasteiger charge is -2.41. The van der Waals surface area contributed by atoms with E-state index in [2.05, 4.69) is 18.4 Å². The van der Waals surface area contributed by atoms with Gasteiger partial charge in [-0.2, -0.15) is 0 Å². The Morgan fingerprint density at radius 3 is 2.60 bits per heavy atom. The number of benzene rings is 1. The predicted molar refractivity (Wildman–Crippen MR) is 67.8 cm³/mol. The topological polar surface area (TPSA) is 26.0 Å². The molecule has 0 atom stereocenters. The van der Waals surface area contributed by atoms with Crippen LogP contribution >= 0.6 is 23.4 Å². The van der Waals surface area contributed by atoms with Gasteiger partial charge in [0.25, 0.3) is 0 Å². The van der Waals surface area contributed by atoms with E-state index in [-0.39, 0.29) is 5.41 Å². The third-order valence-corrected chi connectivity index (χ3v) is 4.35. The molecule has 1 fully saturated rings. The van der Waals surface area contributed by atoms with Gasteiger partial charge >= 0.3 is 0 Å². The molecule has 0 spiro atoms. The third-order valence-electron chi connectivity index (χ3n) is 3.42. The molecule has 3 heteroatoms. The van der Waals surface area contributed by atoms with Crippen LogP contribution in [0.25, 0.3) is 0 Å². The van der Waals surface area contributed by atoms with Crippen LogP contribution in [-0.4, -0.2) is 12.8 Å². The lowest BCUT2D eigenvalue weighted by molar-refractivity contribution is 0.252. The van der Waals surface area contributed by atoms with Crippen LogP contribution in [0.4, 0.5) is 0 Å². The molecular formula is C12H16ClNS. The molecule has 0 aliphatic heterocycles. The summed E-state index contributed by atoms with van der Waals surface area (Å²) in [4.78, 5) is 1.23. The summed E-state index contributed by atoms with van der Waals surface area (Å²) in [6, 6.07) is 6.33. The fourth-order valence-corrected chi connectivity index (χ4v) is 2.99. The van der Waals surface area contributed by atoms with E-state index in [0.717, 1.165) is 11.6 Å². The minimum absolute atomic E-state index is 0.218. The number of nitrogens with two attached hydrogens (primary N) is 1. The minimum Gasteiger partial charge on any atom is -0.330 e. The number of hydrogen-bond acceptors (Lipinski definition) is 2. The van der Waals surface area contributed by atoms with Crippen molar-refractivity contribution in [1.29, 1.82) is 0 Å². The summed E-state index contributed by atoms with van der Waals surface area (Å²) in [5, 5.41) is 0.830. The zero-order chi connectivity index (χ0) is 10.9. The predicted octanol–water partition coefficient (Wildman–Crippen LogP) is 3.44. The first-order valence-electron chi connectivity index (χ1n) is 5.25. The largest absolute Gasteiger partial charge is 0.330 e. The quantitative estimate of drug-likeness (QED) is 0.821. The number of rotatable bonds is 3. The van der Waals surface area contributed by atoms with Gasteiger partial charge in [0.2, 0.25) is 0 Å². The van der Waals surface area contributed by atoms with Crippen LogP contribution in [0, 0.1) is 0 Å². The van der Waals surface area contributed by atoms with E-state index >= 15 is 0 Å². The summed E-state index contributed by atoms with van der Waals surface area (Å²) >= 11 is 7.85. The van der Waals surface area contributed by atoms with Crippen LogP contribution in [0.1, 0.15) is 24.8 Å². The molecule has 0 heterocycles. The fraction of sp³-hybridized carbons (Fsp3) is 0.500. The van der Waals surface area contributed by atoms with E-state index in [1.807, 2.05) is 6.07 Å². The van der Waals surface area contributed by atoms with Gasteiger partial charge in [0.15, 0.2) is 0 Å². The van der Waals surface area contributed by atoms with E-state index in [0.29, 0.717) is 0 Å². The van der Waals surface area contributed by atoms with Crippen molar-refractivity contribution in [2.45, 2.75) is 29.6 Å². The molecule has 2 N–H and O–H groups in total. The van der Waals surface area contributed by atoms with E-state index in [4.69, 9.17) is 17.3 Å². The maximum atomic E-state index is 6.12. The smallest absolute Gasteiger partial charge is 0.0420 e. The maximum Gasteiger partial charge on any atom is 0.0420 e. The first-order valence-corrected chi connectivity index (χ1v) is 6.86. The standard InChI is InChI=1S/C12H16ClNS/c1-15-11-6-9(5-10(13)7-11)12(8-14)3-2-4-12/h5-7H,2-4,8,14H2,1H3. The second-order valence-corrected chi connectivity index (χ2v) is 5.53. The number of halogens is 1. The average molecular weight is 242 g/mol. The van der Waals surface area contributed by atoms with Crippen LogP contribution in [0.15, 0.2) is 23.1 Å². The molecule has 15 heavy (non-hydrogen) atoms. The van der Waals surface area contributed by atoms with Crippen molar-refractivity contribution in [3.8, 4) is 0 Å². The Kier molecular flexibility index (Phi) is 3.29. The second kappa shape index (κ2) is 4.36. The van der Waals surface area contributed by atoms with E-state index in [1.54, 1.807) is 11.8 Å². The lowest BCUT2D eigenvalue weighted by atomic mass is 9.64. The van der Waals surface area contributed by atoms with Gasteiger partial charge in [-0.25, -0.2) is 0 Å². The molecule has 1 nitrogen and oxygen atoms in total. The van der Waals surface area contributed by atoms with Gasteiger partial charge in [0.05, 0.1) is 0 Å². The van der Waals surface area contributed by atoms with Gasteiger partial charge < -0.3 is 5.73 Å². The van der Waals surface area contributed by atoms with Gasteiger partial charge in [-0.05, 0) is 42.9 Å². The molecule has 0 unspecified atom stereocenters. The Hall–Kier alpha value is -0.180. The molecule has 0 amide bonds. The molecule has 82 valence electrons. The molecule has 1 aliphatic carbocycles. The zero-order valence-electron chi connectivity index (χ0n) is 8.92. The molecule has 1 saturated carbocycles. The van der Waals surface area contributed by atoms with Gasteiger partial charge in [0.1, 0.15) is 0 Å². The van der Waals surface area contributed by atoms with Gasteiger partial charge in [-0.1, -0.05) is 18.0 Å². The molecule has 0 saturated heterocycles. The van der Waals surface area contributed by atoms with Crippen molar-refractivity contribution >= 4 is 23.4 Å². The summed E-state index contributed by atoms with van der Waals surface area (Å²) in [6.45, 7) is 0.737. The Labute approximate surface area is 100 Å². The van der Waals surface area contributed by atoms with Crippen molar-refractivity contribution in [2.24, 2.45) is 5.73 Å². The summed E-state index contributed by atoms with van der Waals surface area (Å²) in [5.74, 6) is 0. The maximum absolute atomic E-state index is 6.12. The van der Waals surface area contributed by atoms with E-state index < -0.39 is 0 Å². The Balaban J connectivity index is 2.38. The third kappa shape index (κ3) is 2.03. The van der Waals surface area contributed by atoms with Gasteiger partial charge in [0, 0.05) is 21.9 Å². The van der Waals surface area contributed by atoms with Gasteiger partial charge in [-0.15, -0.1) is 11.8 Å². The number of thioether (sulfide) groups is 1. The van der Waals surface area contributed by atoms with Gasteiger partial charge in [-0.3, -0.25) is 0 Å². The minimum atomic E-state index is 0.218. The van der Waals surface area contributed by atoms with Crippen LogP contribution < -0.4 is 5.73 Å². The highest BCUT2D eigenvalue weighted by molar-refractivity contribution is 7.98. The summed E-state index contributed by atoms with van der Waals surface area (Å²) in [6.07, 6.45) is 5.78. The highest BCUT2D eigenvalue weighted by atomic mass is 35.5. The van der Waals surface area contributed by atoms with Crippen LogP contribution in [0.5, 0.6) is 0 Å². The van der Waals surface area contributed by atoms with Crippen molar-refractivity contribution in [1.82, 2.24) is 0 Å². The highest BCUT2D eigenvalue weighted by Crippen LogP contribution is 2.44. The summed E-state index contributed by atoms with van der Waals surface area (Å²) in [7, 11) is 0. The average Bonchev–Trinajstić information content (AvgIpc) is 2.16. The van der Waals surface area contributed by atoms with Crippen molar-refractivity contribution in [3.63, 3.8) is 0 Å². The molecule has 2 rings (SSSR count). The molecule has 0 radical (unpaired) electrons.